The summed E-state index contributed by atoms with van der Waals surface area (Å²) in [6.07, 6.45) is 0.357. The summed E-state index contributed by atoms with van der Waals surface area (Å²) in [7, 11) is -3.75. The van der Waals surface area contributed by atoms with Crippen LogP contribution in [0, 0.1) is 12.8 Å². The van der Waals surface area contributed by atoms with Crippen LogP contribution in [0.15, 0.2) is 29.2 Å². The fourth-order valence-electron chi connectivity index (χ4n) is 2.36. The minimum atomic E-state index is -3.75. The van der Waals surface area contributed by atoms with Crippen LogP contribution >= 0.6 is 0 Å². The molecule has 0 saturated carbocycles. The second-order valence-electron chi connectivity index (χ2n) is 5.22. The van der Waals surface area contributed by atoms with Crippen molar-refractivity contribution < 1.29 is 22.4 Å². The van der Waals surface area contributed by atoms with E-state index in [1.165, 1.54) is 12.1 Å². The predicted octanol–water partition coefficient (Wildman–Crippen LogP) is 1.49. The molecular weight excluding hydrogens is 280 g/mol. The molecule has 1 aromatic rings. The summed E-state index contributed by atoms with van der Waals surface area (Å²) in [5.74, 6) is -0.102. The monoisotopic (exact) mass is 300 g/mol. The third kappa shape index (κ3) is 3.58. The van der Waals surface area contributed by atoms with E-state index < -0.39 is 10.1 Å². The second kappa shape index (κ2) is 6.22. The highest BCUT2D eigenvalue weighted by Crippen LogP contribution is 2.27. The van der Waals surface area contributed by atoms with Gasteiger partial charge in [-0.2, -0.15) is 8.42 Å². The molecule has 5 nitrogen and oxygen atoms in total. The number of rotatable bonds is 5. The normalized spacial score (nSPS) is 26.9. The van der Waals surface area contributed by atoms with Gasteiger partial charge in [0, 0.05) is 5.92 Å². The van der Waals surface area contributed by atoms with E-state index in [-0.39, 0.29) is 36.2 Å². The van der Waals surface area contributed by atoms with E-state index in [4.69, 9.17) is 8.92 Å². The first-order chi connectivity index (χ1) is 9.42. The molecule has 20 heavy (non-hydrogen) atoms. The molecule has 112 valence electrons. The lowest BCUT2D eigenvalue weighted by atomic mass is 10.0. The van der Waals surface area contributed by atoms with Crippen molar-refractivity contribution in [3.63, 3.8) is 0 Å². The Kier molecular flexibility index (Phi) is 4.80. The molecule has 3 unspecified atom stereocenters. The average molecular weight is 300 g/mol. The van der Waals surface area contributed by atoms with Crippen molar-refractivity contribution in [3.05, 3.63) is 29.8 Å². The lowest BCUT2D eigenvalue weighted by molar-refractivity contribution is 0.000957. The van der Waals surface area contributed by atoms with Gasteiger partial charge in [-0.15, -0.1) is 0 Å². The zero-order valence-electron chi connectivity index (χ0n) is 11.7. The van der Waals surface area contributed by atoms with Gasteiger partial charge in [0.1, 0.15) is 0 Å². The van der Waals surface area contributed by atoms with Gasteiger partial charge in [0.2, 0.25) is 0 Å². The minimum absolute atomic E-state index is 0.0165. The van der Waals surface area contributed by atoms with Crippen LogP contribution < -0.4 is 0 Å². The largest absolute Gasteiger partial charge is 0.394 e. The smallest absolute Gasteiger partial charge is 0.296 e. The molecule has 1 fully saturated rings. The van der Waals surface area contributed by atoms with E-state index in [9.17, 15) is 13.5 Å². The number of aryl methyl sites for hydroxylation is 1. The van der Waals surface area contributed by atoms with Crippen molar-refractivity contribution in [3.8, 4) is 0 Å². The first-order valence-corrected chi connectivity index (χ1v) is 8.05. The Labute approximate surface area is 119 Å². The Bertz CT molecular complexity index is 537. The number of benzene rings is 1. The Morgan fingerprint density at radius 1 is 1.35 bits per heavy atom. The summed E-state index contributed by atoms with van der Waals surface area (Å²) in [4.78, 5) is 0.149. The molecular formula is C14H20O5S. The molecule has 0 aliphatic carbocycles. The van der Waals surface area contributed by atoms with Crippen molar-refractivity contribution >= 4 is 10.1 Å². The molecule has 0 spiro atoms. The molecule has 3 atom stereocenters. The van der Waals surface area contributed by atoms with Crippen LogP contribution in [0.4, 0.5) is 0 Å². The molecule has 0 bridgehead atoms. The zero-order chi connectivity index (χ0) is 14.8. The topological polar surface area (TPSA) is 72.8 Å². The Hall–Kier alpha value is -0.950. The minimum Gasteiger partial charge on any atom is -0.394 e. The SMILES string of the molecule is Cc1ccc(S(=O)(=O)OCC2CC(C)OC2CO)cc1. The summed E-state index contributed by atoms with van der Waals surface area (Å²) in [5, 5.41) is 9.20. The van der Waals surface area contributed by atoms with Gasteiger partial charge in [-0.1, -0.05) is 17.7 Å². The number of aliphatic hydroxyl groups excluding tert-OH is 1. The first kappa shape index (κ1) is 15.4. The van der Waals surface area contributed by atoms with E-state index in [1.807, 2.05) is 13.8 Å². The van der Waals surface area contributed by atoms with Crippen LogP contribution in [-0.2, 0) is 19.0 Å². The van der Waals surface area contributed by atoms with Crippen LogP contribution in [0.25, 0.3) is 0 Å². The molecule has 1 heterocycles. The van der Waals surface area contributed by atoms with E-state index in [0.29, 0.717) is 6.42 Å². The van der Waals surface area contributed by atoms with Crippen molar-refractivity contribution in [2.24, 2.45) is 5.92 Å². The average Bonchev–Trinajstić information content (AvgIpc) is 2.77. The molecule has 1 N–H and O–H groups in total. The number of aliphatic hydroxyl groups is 1. The molecule has 1 aliphatic rings. The molecule has 0 amide bonds. The molecule has 0 radical (unpaired) electrons. The highest BCUT2D eigenvalue weighted by atomic mass is 32.2. The molecule has 0 aromatic heterocycles. The Morgan fingerprint density at radius 3 is 2.60 bits per heavy atom. The fourth-order valence-corrected chi connectivity index (χ4v) is 3.32. The van der Waals surface area contributed by atoms with Crippen molar-refractivity contribution in [2.45, 2.75) is 37.4 Å². The van der Waals surface area contributed by atoms with Gasteiger partial charge in [-0.05, 0) is 32.4 Å². The predicted molar refractivity (Wildman–Crippen MR) is 73.8 cm³/mol. The highest BCUT2D eigenvalue weighted by Gasteiger charge is 2.33. The van der Waals surface area contributed by atoms with Crippen molar-refractivity contribution in [1.82, 2.24) is 0 Å². The maximum Gasteiger partial charge on any atom is 0.296 e. The fraction of sp³-hybridized carbons (Fsp3) is 0.571. The first-order valence-electron chi connectivity index (χ1n) is 6.65. The van der Waals surface area contributed by atoms with Gasteiger partial charge in [-0.25, -0.2) is 0 Å². The lowest BCUT2D eigenvalue weighted by Gasteiger charge is -2.15. The van der Waals surface area contributed by atoms with Gasteiger partial charge in [-0.3, -0.25) is 4.18 Å². The van der Waals surface area contributed by atoms with Crippen molar-refractivity contribution in [1.29, 1.82) is 0 Å². The van der Waals surface area contributed by atoms with Crippen LogP contribution in [0.5, 0.6) is 0 Å². The summed E-state index contributed by atoms with van der Waals surface area (Å²) in [6.45, 7) is 3.70. The van der Waals surface area contributed by atoms with E-state index in [0.717, 1.165) is 5.56 Å². The number of hydrogen-bond donors (Lipinski definition) is 1. The number of hydrogen-bond acceptors (Lipinski definition) is 5. The molecule has 2 rings (SSSR count). The summed E-state index contributed by atoms with van der Waals surface area (Å²) < 4.78 is 34.7. The van der Waals surface area contributed by atoms with Crippen LogP contribution in [0.3, 0.4) is 0 Å². The molecule has 6 heteroatoms. The second-order valence-corrected chi connectivity index (χ2v) is 6.83. The standard InChI is InChI=1S/C14H20O5S/c1-10-3-5-13(6-4-10)20(16,17)18-9-12-7-11(2)19-14(12)8-15/h3-6,11-12,14-15H,7-9H2,1-2H3. The van der Waals surface area contributed by atoms with E-state index in [2.05, 4.69) is 0 Å². The zero-order valence-corrected chi connectivity index (χ0v) is 12.5. The Morgan fingerprint density at radius 2 is 2.00 bits per heavy atom. The summed E-state index contributed by atoms with van der Waals surface area (Å²) in [6, 6.07) is 6.52. The maximum atomic E-state index is 12.1. The molecule has 1 aliphatic heterocycles. The third-order valence-electron chi connectivity index (χ3n) is 3.49. The lowest BCUT2D eigenvalue weighted by Crippen LogP contribution is -2.25. The van der Waals surface area contributed by atoms with Crippen LogP contribution in [0.2, 0.25) is 0 Å². The summed E-state index contributed by atoms with van der Waals surface area (Å²) in [5.41, 5.74) is 0.988. The van der Waals surface area contributed by atoms with E-state index >= 15 is 0 Å². The molecule has 1 saturated heterocycles. The van der Waals surface area contributed by atoms with Gasteiger partial charge in [0.05, 0.1) is 30.3 Å². The number of ether oxygens (including phenoxy) is 1. The molecule has 1 aromatic carbocycles. The van der Waals surface area contributed by atoms with Crippen LogP contribution in [-0.4, -0.2) is 38.9 Å². The highest BCUT2D eigenvalue weighted by molar-refractivity contribution is 7.86. The maximum absolute atomic E-state index is 12.1. The third-order valence-corrected chi connectivity index (χ3v) is 4.79. The van der Waals surface area contributed by atoms with Crippen LogP contribution in [0.1, 0.15) is 18.9 Å². The van der Waals surface area contributed by atoms with Gasteiger partial charge in [0.15, 0.2) is 0 Å². The van der Waals surface area contributed by atoms with Crippen molar-refractivity contribution in [2.75, 3.05) is 13.2 Å². The quantitative estimate of drug-likeness (QED) is 0.834. The van der Waals surface area contributed by atoms with Gasteiger partial charge >= 0.3 is 0 Å². The Balaban J connectivity index is 2.00. The van der Waals surface area contributed by atoms with Gasteiger partial charge < -0.3 is 9.84 Å². The summed E-state index contributed by atoms with van der Waals surface area (Å²) >= 11 is 0. The van der Waals surface area contributed by atoms with E-state index in [1.54, 1.807) is 12.1 Å². The van der Waals surface area contributed by atoms with Gasteiger partial charge in [0.25, 0.3) is 10.1 Å².